The van der Waals surface area contributed by atoms with Crippen molar-refractivity contribution < 1.29 is 32.3 Å². The molecule has 1 aromatic carbocycles. The number of nitrogens with one attached hydrogen (secondary N) is 1. The van der Waals surface area contributed by atoms with Crippen molar-refractivity contribution in [2.45, 2.75) is 45.3 Å². The SMILES string of the molecule is Cc1sc(C(C)N)nc1C(=O)NCC(C)(C)c1ccc(F)cc1.O=C(O)C(F)(F)F. The summed E-state index contributed by atoms with van der Waals surface area (Å²) in [6.45, 7) is 8.15. The number of nitrogens with two attached hydrogens (primary N) is 1. The summed E-state index contributed by atoms with van der Waals surface area (Å²) in [5.74, 6) is -3.23. The zero-order chi connectivity index (χ0) is 23.3. The Morgan fingerprint density at radius 3 is 2.13 bits per heavy atom. The lowest BCUT2D eigenvalue weighted by atomic mass is 9.84. The number of carbonyl (C=O) groups excluding carboxylic acids is 1. The number of rotatable bonds is 5. The molecule has 0 bridgehead atoms. The van der Waals surface area contributed by atoms with Gasteiger partial charge in [-0.25, -0.2) is 14.2 Å². The first-order valence-corrected chi connectivity index (χ1v) is 9.54. The Balaban J connectivity index is 0.000000553. The van der Waals surface area contributed by atoms with Gasteiger partial charge in [-0.05, 0) is 31.5 Å². The van der Waals surface area contributed by atoms with E-state index in [0.717, 1.165) is 15.4 Å². The molecule has 2 aromatic rings. The minimum atomic E-state index is -5.08. The number of hydrogen-bond acceptors (Lipinski definition) is 5. The monoisotopic (exact) mass is 449 g/mol. The standard InChI is InChI=1S/C17H22FN3OS.C2HF3O2/c1-10(19)16-21-14(11(2)23-16)15(22)20-9-17(3,4)12-5-7-13(18)8-6-12;3-2(4,5)1(6)7/h5-8,10H,9,19H2,1-4H3,(H,20,22);(H,6,7). The molecular weight excluding hydrogens is 426 g/mol. The number of carboxylic acid groups (broad SMARTS) is 1. The predicted octanol–water partition coefficient (Wildman–Crippen LogP) is 3.95. The first kappa shape index (κ1) is 25.5. The third-order valence-electron chi connectivity index (χ3n) is 3.98. The normalized spacial score (nSPS) is 12.6. The highest BCUT2D eigenvalue weighted by molar-refractivity contribution is 7.11. The number of hydrogen-bond donors (Lipinski definition) is 3. The van der Waals surface area contributed by atoms with Crippen LogP contribution in [0.1, 0.15) is 52.7 Å². The highest BCUT2D eigenvalue weighted by Crippen LogP contribution is 2.24. The van der Waals surface area contributed by atoms with Gasteiger partial charge in [0.05, 0.1) is 6.04 Å². The van der Waals surface area contributed by atoms with Crippen LogP contribution in [-0.2, 0) is 10.2 Å². The van der Waals surface area contributed by atoms with Crippen LogP contribution in [0.4, 0.5) is 17.6 Å². The summed E-state index contributed by atoms with van der Waals surface area (Å²) in [6, 6.07) is 6.15. The summed E-state index contributed by atoms with van der Waals surface area (Å²) in [5, 5.41) is 10.8. The molecule has 166 valence electrons. The molecular formula is C19H23F4N3O3S. The highest BCUT2D eigenvalue weighted by Gasteiger charge is 2.38. The van der Waals surface area contributed by atoms with Crippen LogP contribution in [-0.4, -0.2) is 34.7 Å². The number of halogens is 4. The number of aryl methyl sites for hydroxylation is 1. The molecule has 0 spiro atoms. The molecule has 6 nitrogen and oxygen atoms in total. The molecule has 2 rings (SSSR count). The van der Waals surface area contributed by atoms with Gasteiger partial charge in [-0.1, -0.05) is 26.0 Å². The van der Waals surface area contributed by atoms with Crippen molar-refractivity contribution in [1.82, 2.24) is 10.3 Å². The Bertz CT molecular complexity index is 878. The highest BCUT2D eigenvalue weighted by atomic mass is 32.1. The Morgan fingerprint density at radius 2 is 1.73 bits per heavy atom. The van der Waals surface area contributed by atoms with Crippen molar-refractivity contribution in [3.63, 3.8) is 0 Å². The Labute approximate surface area is 175 Å². The van der Waals surface area contributed by atoms with Crippen LogP contribution in [0.2, 0.25) is 0 Å². The third kappa shape index (κ3) is 7.38. The number of aromatic nitrogens is 1. The minimum absolute atomic E-state index is 0.184. The fraction of sp³-hybridized carbons (Fsp3) is 0.421. The lowest BCUT2D eigenvalue weighted by molar-refractivity contribution is -0.192. The first-order valence-electron chi connectivity index (χ1n) is 8.72. The molecule has 0 aliphatic carbocycles. The van der Waals surface area contributed by atoms with Crippen molar-refractivity contribution in [2.75, 3.05) is 6.54 Å². The van der Waals surface area contributed by atoms with Crippen molar-refractivity contribution >= 4 is 23.2 Å². The summed E-state index contributed by atoms with van der Waals surface area (Å²) in [4.78, 5) is 26.4. The molecule has 11 heteroatoms. The fourth-order valence-electron chi connectivity index (χ4n) is 2.21. The number of thiazole rings is 1. The van der Waals surface area contributed by atoms with E-state index in [1.807, 2.05) is 27.7 Å². The molecule has 1 aromatic heterocycles. The van der Waals surface area contributed by atoms with Crippen LogP contribution in [0.5, 0.6) is 0 Å². The van der Waals surface area contributed by atoms with E-state index in [1.165, 1.54) is 23.5 Å². The van der Waals surface area contributed by atoms with Gasteiger partial charge in [0.15, 0.2) is 0 Å². The zero-order valence-electron chi connectivity index (χ0n) is 16.8. The summed E-state index contributed by atoms with van der Waals surface area (Å²) < 4.78 is 44.8. The number of carboxylic acids is 1. The lowest BCUT2D eigenvalue weighted by Gasteiger charge is -2.25. The van der Waals surface area contributed by atoms with Gasteiger partial charge in [-0.2, -0.15) is 13.2 Å². The van der Waals surface area contributed by atoms with Gasteiger partial charge >= 0.3 is 12.1 Å². The number of benzene rings is 1. The zero-order valence-corrected chi connectivity index (χ0v) is 17.6. The van der Waals surface area contributed by atoms with Crippen LogP contribution in [0.3, 0.4) is 0 Å². The lowest BCUT2D eigenvalue weighted by Crippen LogP contribution is -2.37. The molecule has 0 radical (unpaired) electrons. The van der Waals surface area contributed by atoms with E-state index in [1.54, 1.807) is 12.1 Å². The maximum absolute atomic E-state index is 13.0. The quantitative estimate of drug-likeness (QED) is 0.600. The Hall–Kier alpha value is -2.53. The van der Waals surface area contributed by atoms with Gasteiger partial charge in [0.2, 0.25) is 0 Å². The second-order valence-electron chi connectivity index (χ2n) is 7.12. The van der Waals surface area contributed by atoms with Gasteiger partial charge in [-0.3, -0.25) is 4.79 Å². The summed E-state index contributed by atoms with van der Waals surface area (Å²) >= 11 is 1.44. The van der Waals surface area contributed by atoms with Gasteiger partial charge in [0, 0.05) is 16.8 Å². The average Bonchev–Trinajstić information content (AvgIpc) is 3.02. The molecule has 0 saturated heterocycles. The first-order chi connectivity index (χ1) is 13.6. The molecule has 4 N–H and O–H groups in total. The van der Waals surface area contributed by atoms with Crippen molar-refractivity contribution in [2.24, 2.45) is 5.73 Å². The molecule has 0 saturated carbocycles. The van der Waals surface area contributed by atoms with Gasteiger partial charge in [0.1, 0.15) is 16.5 Å². The maximum Gasteiger partial charge on any atom is 0.490 e. The summed E-state index contributed by atoms with van der Waals surface area (Å²) in [6.07, 6.45) is -5.08. The maximum atomic E-state index is 13.0. The molecule has 0 aliphatic rings. The van der Waals surface area contributed by atoms with Crippen molar-refractivity contribution in [3.05, 3.63) is 51.2 Å². The van der Waals surface area contributed by atoms with Crippen molar-refractivity contribution in [1.29, 1.82) is 0 Å². The van der Waals surface area contributed by atoms with Crippen LogP contribution < -0.4 is 11.1 Å². The van der Waals surface area contributed by atoms with Crippen LogP contribution in [0.15, 0.2) is 24.3 Å². The number of amides is 1. The second kappa shape index (κ2) is 9.98. The largest absolute Gasteiger partial charge is 0.490 e. The van der Waals surface area contributed by atoms with E-state index >= 15 is 0 Å². The molecule has 0 aliphatic heterocycles. The van der Waals surface area contributed by atoms with E-state index in [0.29, 0.717) is 12.2 Å². The van der Waals surface area contributed by atoms with Crippen LogP contribution in [0, 0.1) is 12.7 Å². The molecule has 1 atom stereocenters. The van der Waals surface area contributed by atoms with E-state index < -0.39 is 12.1 Å². The number of carbonyl (C=O) groups is 2. The van der Waals surface area contributed by atoms with E-state index in [2.05, 4.69) is 10.3 Å². The molecule has 0 fully saturated rings. The summed E-state index contributed by atoms with van der Waals surface area (Å²) in [5.41, 5.74) is 6.90. The predicted molar refractivity (Wildman–Crippen MR) is 105 cm³/mol. The number of aliphatic carboxylic acids is 1. The second-order valence-corrected chi connectivity index (χ2v) is 8.36. The number of alkyl halides is 3. The minimum Gasteiger partial charge on any atom is -0.475 e. The Kier molecular flexibility index (Phi) is 8.49. The topological polar surface area (TPSA) is 105 Å². The third-order valence-corrected chi connectivity index (χ3v) is 5.15. The average molecular weight is 449 g/mol. The van der Waals surface area contributed by atoms with Gasteiger partial charge < -0.3 is 16.2 Å². The fourth-order valence-corrected chi connectivity index (χ4v) is 3.08. The molecule has 1 unspecified atom stereocenters. The van der Waals surface area contributed by atoms with Crippen molar-refractivity contribution in [3.8, 4) is 0 Å². The van der Waals surface area contributed by atoms with E-state index in [9.17, 15) is 22.4 Å². The number of nitrogens with zero attached hydrogens (tertiary/aromatic N) is 1. The Morgan fingerprint density at radius 1 is 1.23 bits per heavy atom. The summed E-state index contributed by atoms with van der Waals surface area (Å²) in [7, 11) is 0. The van der Waals surface area contributed by atoms with Gasteiger partial charge in [-0.15, -0.1) is 11.3 Å². The van der Waals surface area contributed by atoms with Crippen LogP contribution >= 0.6 is 11.3 Å². The smallest absolute Gasteiger partial charge is 0.475 e. The van der Waals surface area contributed by atoms with E-state index in [-0.39, 0.29) is 23.2 Å². The molecule has 30 heavy (non-hydrogen) atoms. The van der Waals surface area contributed by atoms with Crippen LogP contribution in [0.25, 0.3) is 0 Å². The molecule has 1 amide bonds. The molecule has 1 heterocycles. The van der Waals surface area contributed by atoms with E-state index in [4.69, 9.17) is 15.6 Å². The van der Waals surface area contributed by atoms with Gasteiger partial charge in [0.25, 0.3) is 5.91 Å².